The molecule has 2 aromatic carbocycles. The quantitative estimate of drug-likeness (QED) is 0.892. The van der Waals surface area contributed by atoms with E-state index < -0.39 is 6.10 Å². The molecule has 2 aromatic rings. The van der Waals surface area contributed by atoms with Crippen molar-refractivity contribution < 1.29 is 9.84 Å². The Balaban J connectivity index is 1.75. The first-order valence-corrected chi connectivity index (χ1v) is 7.59. The van der Waals surface area contributed by atoms with E-state index >= 15 is 0 Å². The highest BCUT2D eigenvalue weighted by Gasteiger charge is 2.23. The maximum atomic E-state index is 10.5. The molecule has 3 rings (SSSR count). The summed E-state index contributed by atoms with van der Waals surface area (Å²) < 4.78 is 5.38. The normalized spacial score (nSPS) is 15.8. The van der Waals surface area contributed by atoms with E-state index in [1.807, 2.05) is 12.1 Å². The predicted octanol–water partition coefficient (Wildman–Crippen LogP) is 4.16. The summed E-state index contributed by atoms with van der Waals surface area (Å²) in [7, 11) is 1.67. The molecule has 1 unspecified atom stereocenters. The van der Waals surface area contributed by atoms with Crippen LogP contribution in [0.15, 0.2) is 42.5 Å². The maximum absolute atomic E-state index is 10.5. The molecule has 1 fully saturated rings. The van der Waals surface area contributed by atoms with Gasteiger partial charge in [0.05, 0.1) is 13.2 Å². The first-order chi connectivity index (χ1) is 10.2. The van der Waals surface area contributed by atoms with Gasteiger partial charge in [0.15, 0.2) is 0 Å². The molecule has 110 valence electrons. The van der Waals surface area contributed by atoms with Gasteiger partial charge in [-0.15, -0.1) is 0 Å². The Morgan fingerprint density at radius 3 is 2.48 bits per heavy atom. The second-order valence-corrected chi connectivity index (χ2v) is 5.98. The molecule has 0 aromatic heterocycles. The molecule has 0 heterocycles. The molecule has 0 radical (unpaired) electrons. The molecule has 2 heteroatoms. The molecule has 1 saturated carbocycles. The van der Waals surface area contributed by atoms with Crippen LogP contribution in [0.5, 0.6) is 5.75 Å². The molecular formula is C19H22O2. The molecule has 2 nitrogen and oxygen atoms in total. The van der Waals surface area contributed by atoms with Crippen LogP contribution in [-0.4, -0.2) is 12.2 Å². The van der Waals surface area contributed by atoms with Gasteiger partial charge in [-0.05, 0) is 48.4 Å². The molecule has 0 aliphatic heterocycles. The summed E-state index contributed by atoms with van der Waals surface area (Å²) >= 11 is 0. The predicted molar refractivity (Wildman–Crippen MR) is 84.8 cm³/mol. The number of ether oxygens (including phenoxy) is 1. The van der Waals surface area contributed by atoms with Crippen molar-refractivity contribution in [3.8, 4) is 5.75 Å². The Hall–Kier alpha value is -1.80. The number of aliphatic hydroxyl groups excluding tert-OH is 1. The molecule has 1 atom stereocenters. The summed E-state index contributed by atoms with van der Waals surface area (Å²) in [5.74, 6) is 1.60. The van der Waals surface area contributed by atoms with Crippen molar-refractivity contribution in [3.05, 3.63) is 64.7 Å². The zero-order valence-corrected chi connectivity index (χ0v) is 12.7. The molecule has 1 aliphatic rings. The fraction of sp³-hybridized carbons (Fsp3) is 0.368. The van der Waals surface area contributed by atoms with Crippen LogP contribution in [0.3, 0.4) is 0 Å². The van der Waals surface area contributed by atoms with Gasteiger partial charge in [0.2, 0.25) is 0 Å². The number of methoxy groups -OCH3 is 1. The van der Waals surface area contributed by atoms with Gasteiger partial charge in [-0.3, -0.25) is 0 Å². The van der Waals surface area contributed by atoms with Crippen molar-refractivity contribution in [2.24, 2.45) is 0 Å². The first-order valence-electron chi connectivity index (χ1n) is 7.59. The smallest absolute Gasteiger partial charge is 0.122 e. The zero-order valence-electron chi connectivity index (χ0n) is 12.7. The van der Waals surface area contributed by atoms with Crippen molar-refractivity contribution in [2.75, 3.05) is 7.11 Å². The van der Waals surface area contributed by atoms with E-state index in [1.165, 1.54) is 24.0 Å². The SMILES string of the molecule is COc1ccc(C)cc1CC(O)c1ccc(C2CC2)cc1. The Morgan fingerprint density at radius 2 is 1.86 bits per heavy atom. The van der Waals surface area contributed by atoms with Gasteiger partial charge < -0.3 is 9.84 Å². The number of hydrogen-bond acceptors (Lipinski definition) is 2. The van der Waals surface area contributed by atoms with E-state index in [4.69, 9.17) is 4.74 Å². The molecule has 21 heavy (non-hydrogen) atoms. The van der Waals surface area contributed by atoms with Crippen molar-refractivity contribution in [3.63, 3.8) is 0 Å². The third kappa shape index (κ3) is 3.27. The minimum Gasteiger partial charge on any atom is -0.496 e. The Bertz CT molecular complexity index is 612. The fourth-order valence-electron chi connectivity index (χ4n) is 2.80. The Kier molecular flexibility index (Phi) is 3.98. The van der Waals surface area contributed by atoms with Gasteiger partial charge in [0, 0.05) is 6.42 Å². The monoisotopic (exact) mass is 282 g/mol. The lowest BCUT2D eigenvalue weighted by molar-refractivity contribution is 0.177. The van der Waals surface area contributed by atoms with E-state index in [0.29, 0.717) is 6.42 Å². The van der Waals surface area contributed by atoms with Crippen LogP contribution in [0.25, 0.3) is 0 Å². The standard InChI is InChI=1S/C19H22O2/c1-13-3-10-19(21-2)17(11-13)12-18(20)16-8-6-15(7-9-16)14-4-5-14/h3,6-11,14,18,20H,4-5,12H2,1-2H3. The van der Waals surface area contributed by atoms with Gasteiger partial charge in [-0.2, -0.15) is 0 Å². The van der Waals surface area contributed by atoms with E-state index in [-0.39, 0.29) is 0 Å². The van der Waals surface area contributed by atoms with Gasteiger partial charge in [0.25, 0.3) is 0 Å². The van der Waals surface area contributed by atoms with E-state index in [9.17, 15) is 5.11 Å². The molecule has 0 spiro atoms. The molecule has 1 aliphatic carbocycles. The second kappa shape index (κ2) is 5.90. The molecule has 0 bridgehead atoms. The van der Waals surface area contributed by atoms with Gasteiger partial charge >= 0.3 is 0 Å². The summed E-state index contributed by atoms with van der Waals surface area (Å²) in [5.41, 5.74) is 4.61. The van der Waals surface area contributed by atoms with Crippen LogP contribution in [0.4, 0.5) is 0 Å². The Labute approximate surface area is 126 Å². The minimum atomic E-state index is -0.492. The van der Waals surface area contributed by atoms with E-state index in [1.54, 1.807) is 7.11 Å². The third-order valence-electron chi connectivity index (χ3n) is 4.22. The molecule has 1 N–H and O–H groups in total. The van der Waals surface area contributed by atoms with Crippen LogP contribution >= 0.6 is 0 Å². The van der Waals surface area contributed by atoms with Gasteiger partial charge in [-0.25, -0.2) is 0 Å². The number of aliphatic hydroxyl groups is 1. The second-order valence-electron chi connectivity index (χ2n) is 5.98. The number of hydrogen-bond donors (Lipinski definition) is 1. The van der Waals surface area contributed by atoms with Crippen molar-refractivity contribution in [1.82, 2.24) is 0 Å². The third-order valence-corrected chi connectivity index (χ3v) is 4.22. The summed E-state index contributed by atoms with van der Waals surface area (Å²) in [5, 5.41) is 10.5. The number of benzene rings is 2. The van der Waals surface area contributed by atoms with E-state index in [0.717, 1.165) is 22.8 Å². The topological polar surface area (TPSA) is 29.5 Å². The maximum Gasteiger partial charge on any atom is 0.122 e. The lowest BCUT2D eigenvalue weighted by atomic mass is 9.98. The average Bonchev–Trinajstić information content (AvgIpc) is 3.32. The summed E-state index contributed by atoms with van der Waals surface area (Å²) in [6, 6.07) is 14.5. The highest BCUT2D eigenvalue weighted by Crippen LogP contribution is 2.40. The van der Waals surface area contributed by atoms with Crippen LogP contribution < -0.4 is 4.74 Å². The summed E-state index contributed by atoms with van der Waals surface area (Å²) in [4.78, 5) is 0. The highest BCUT2D eigenvalue weighted by atomic mass is 16.5. The first kappa shape index (κ1) is 14.2. The van der Waals surface area contributed by atoms with Crippen LogP contribution in [-0.2, 0) is 6.42 Å². The van der Waals surface area contributed by atoms with Gasteiger partial charge in [-0.1, -0.05) is 42.0 Å². The minimum absolute atomic E-state index is 0.492. The number of rotatable bonds is 5. The average molecular weight is 282 g/mol. The van der Waals surface area contributed by atoms with Crippen LogP contribution in [0, 0.1) is 6.92 Å². The lowest BCUT2D eigenvalue weighted by Gasteiger charge is -2.15. The number of aryl methyl sites for hydroxylation is 1. The van der Waals surface area contributed by atoms with E-state index in [2.05, 4.69) is 37.3 Å². The largest absolute Gasteiger partial charge is 0.496 e. The van der Waals surface area contributed by atoms with Crippen molar-refractivity contribution in [2.45, 2.75) is 38.2 Å². The van der Waals surface area contributed by atoms with Crippen LogP contribution in [0.1, 0.15) is 47.1 Å². The van der Waals surface area contributed by atoms with Gasteiger partial charge in [0.1, 0.15) is 5.75 Å². The molecule has 0 saturated heterocycles. The fourth-order valence-corrected chi connectivity index (χ4v) is 2.80. The Morgan fingerprint density at radius 1 is 1.14 bits per heavy atom. The van der Waals surface area contributed by atoms with Crippen molar-refractivity contribution >= 4 is 0 Å². The zero-order chi connectivity index (χ0) is 14.8. The van der Waals surface area contributed by atoms with Crippen molar-refractivity contribution in [1.29, 1.82) is 0 Å². The molecular weight excluding hydrogens is 260 g/mol. The summed E-state index contributed by atoms with van der Waals surface area (Å²) in [6.07, 6.45) is 2.70. The summed E-state index contributed by atoms with van der Waals surface area (Å²) in [6.45, 7) is 2.06. The lowest BCUT2D eigenvalue weighted by Crippen LogP contribution is -2.04. The van der Waals surface area contributed by atoms with Crippen LogP contribution in [0.2, 0.25) is 0 Å². The molecule has 0 amide bonds. The highest BCUT2D eigenvalue weighted by molar-refractivity contribution is 5.38.